The maximum atomic E-state index is 5.60. The average molecular weight is 509 g/mol. The van der Waals surface area contributed by atoms with Crippen LogP contribution in [0.2, 0.25) is 0 Å². The summed E-state index contributed by atoms with van der Waals surface area (Å²) in [7, 11) is 0. The lowest BCUT2D eigenvalue weighted by Gasteiger charge is -2.32. The molecule has 7 heteroatoms. The van der Waals surface area contributed by atoms with Crippen molar-refractivity contribution < 1.29 is 4.74 Å². The van der Waals surface area contributed by atoms with Crippen LogP contribution < -0.4 is 15.5 Å². The lowest BCUT2D eigenvalue weighted by Crippen LogP contribution is -2.41. The number of benzene rings is 1. The maximum Gasteiger partial charge on any atom is 0.191 e. The minimum Gasteiger partial charge on any atom is -0.375 e. The Bertz CT molecular complexity index is 781. The number of aliphatic imine (C=N–C) groups is 1. The fourth-order valence-corrected chi connectivity index (χ4v) is 3.22. The van der Waals surface area contributed by atoms with E-state index in [1.165, 1.54) is 11.1 Å². The van der Waals surface area contributed by atoms with Crippen molar-refractivity contribution in [2.75, 3.05) is 31.1 Å². The minimum absolute atomic E-state index is 0. The minimum atomic E-state index is 0. The Kier molecular flexibility index (Phi) is 9.66. The Morgan fingerprint density at radius 1 is 1.24 bits per heavy atom. The van der Waals surface area contributed by atoms with E-state index in [2.05, 4.69) is 77.7 Å². The highest BCUT2D eigenvalue weighted by Gasteiger charge is 2.17. The van der Waals surface area contributed by atoms with Crippen LogP contribution in [0.25, 0.3) is 0 Å². The third-order valence-electron chi connectivity index (χ3n) is 4.85. The van der Waals surface area contributed by atoms with Gasteiger partial charge in [0.2, 0.25) is 0 Å². The van der Waals surface area contributed by atoms with Crippen LogP contribution in [0.3, 0.4) is 0 Å². The molecule has 0 spiro atoms. The number of hydrogen-bond acceptors (Lipinski definition) is 4. The Labute approximate surface area is 191 Å². The van der Waals surface area contributed by atoms with Gasteiger partial charge < -0.3 is 20.3 Å². The van der Waals surface area contributed by atoms with Crippen LogP contribution in [-0.2, 0) is 17.8 Å². The van der Waals surface area contributed by atoms with E-state index in [0.717, 1.165) is 50.1 Å². The van der Waals surface area contributed by atoms with Crippen molar-refractivity contribution in [2.24, 2.45) is 4.99 Å². The fraction of sp³-hybridized carbons (Fsp3) is 0.455. The van der Waals surface area contributed by atoms with E-state index in [1.807, 2.05) is 6.20 Å². The van der Waals surface area contributed by atoms with E-state index >= 15 is 0 Å². The first kappa shape index (κ1) is 23.4. The molecule has 0 aliphatic carbocycles. The quantitative estimate of drug-likeness (QED) is 0.355. The zero-order chi connectivity index (χ0) is 19.8. The van der Waals surface area contributed by atoms with E-state index in [4.69, 9.17) is 9.73 Å². The van der Waals surface area contributed by atoms with Gasteiger partial charge in [0.05, 0.1) is 19.3 Å². The van der Waals surface area contributed by atoms with Gasteiger partial charge in [0, 0.05) is 32.4 Å². The van der Waals surface area contributed by atoms with Crippen molar-refractivity contribution in [2.45, 2.75) is 40.0 Å². The Morgan fingerprint density at radius 3 is 2.76 bits per heavy atom. The van der Waals surface area contributed by atoms with Gasteiger partial charge in [0.15, 0.2) is 5.96 Å². The first-order valence-corrected chi connectivity index (χ1v) is 10.0. The molecule has 0 saturated carbocycles. The van der Waals surface area contributed by atoms with E-state index < -0.39 is 0 Å². The molecule has 2 aromatic rings. The van der Waals surface area contributed by atoms with Crippen molar-refractivity contribution in [3.63, 3.8) is 0 Å². The number of halogens is 1. The van der Waals surface area contributed by atoms with Crippen LogP contribution in [0.1, 0.15) is 30.5 Å². The lowest BCUT2D eigenvalue weighted by atomic mass is 10.1. The largest absolute Gasteiger partial charge is 0.375 e. The molecular formula is C22H32IN5O. The fourth-order valence-electron chi connectivity index (χ4n) is 3.22. The molecule has 0 amide bonds. The predicted octanol–water partition coefficient (Wildman–Crippen LogP) is 3.49. The number of pyridine rings is 1. The molecule has 1 aliphatic rings. The summed E-state index contributed by atoms with van der Waals surface area (Å²) >= 11 is 0. The molecule has 2 N–H and O–H groups in total. The van der Waals surface area contributed by atoms with Crippen molar-refractivity contribution in [1.29, 1.82) is 0 Å². The summed E-state index contributed by atoms with van der Waals surface area (Å²) in [6.45, 7) is 11.0. The summed E-state index contributed by atoms with van der Waals surface area (Å²) in [5, 5.41) is 6.72. The third kappa shape index (κ3) is 7.15. The first-order valence-electron chi connectivity index (χ1n) is 10.0. The van der Waals surface area contributed by atoms with Gasteiger partial charge in [0.25, 0.3) is 0 Å². The summed E-state index contributed by atoms with van der Waals surface area (Å²) in [6, 6.07) is 12.6. The van der Waals surface area contributed by atoms with Crippen LogP contribution >= 0.6 is 24.0 Å². The van der Waals surface area contributed by atoms with Gasteiger partial charge in [-0.3, -0.25) is 0 Å². The number of ether oxygens (including phenoxy) is 1. The van der Waals surface area contributed by atoms with E-state index in [-0.39, 0.29) is 30.1 Å². The number of rotatable bonds is 6. The van der Waals surface area contributed by atoms with Gasteiger partial charge in [0.1, 0.15) is 5.82 Å². The Hall–Kier alpha value is -1.87. The molecule has 1 unspecified atom stereocenters. The zero-order valence-electron chi connectivity index (χ0n) is 17.5. The smallest absolute Gasteiger partial charge is 0.191 e. The monoisotopic (exact) mass is 509 g/mol. The summed E-state index contributed by atoms with van der Waals surface area (Å²) in [5.74, 6) is 1.82. The normalized spacial score (nSPS) is 16.9. The van der Waals surface area contributed by atoms with Gasteiger partial charge >= 0.3 is 0 Å². The third-order valence-corrected chi connectivity index (χ3v) is 4.85. The number of aryl methyl sites for hydroxylation is 1. The summed E-state index contributed by atoms with van der Waals surface area (Å²) < 4.78 is 5.60. The number of guanidine groups is 1. The van der Waals surface area contributed by atoms with Crippen LogP contribution in [0.5, 0.6) is 0 Å². The van der Waals surface area contributed by atoms with E-state index in [1.54, 1.807) is 0 Å². The number of hydrogen-bond donors (Lipinski definition) is 2. The summed E-state index contributed by atoms with van der Waals surface area (Å²) in [6.07, 6.45) is 2.17. The van der Waals surface area contributed by atoms with Crippen LogP contribution in [0.15, 0.2) is 47.6 Å². The molecule has 3 rings (SSSR count). The highest BCUT2D eigenvalue weighted by Crippen LogP contribution is 2.15. The summed E-state index contributed by atoms with van der Waals surface area (Å²) in [5.41, 5.74) is 3.65. The Morgan fingerprint density at radius 2 is 2.07 bits per heavy atom. The molecule has 2 heterocycles. The topological polar surface area (TPSA) is 61.8 Å². The van der Waals surface area contributed by atoms with E-state index in [9.17, 15) is 0 Å². The lowest BCUT2D eigenvalue weighted by molar-refractivity contribution is 0.0529. The van der Waals surface area contributed by atoms with Gasteiger partial charge in [-0.05, 0) is 43.5 Å². The van der Waals surface area contributed by atoms with Crippen molar-refractivity contribution >= 4 is 35.8 Å². The van der Waals surface area contributed by atoms with E-state index in [0.29, 0.717) is 6.54 Å². The van der Waals surface area contributed by atoms with Gasteiger partial charge in [-0.15, -0.1) is 24.0 Å². The standard InChI is InChI=1S/C22H31N5O.HI/c1-4-23-22(26-15-20-8-6-5-7-17(20)2)25-14-19-9-10-21(24-13-19)27-11-12-28-18(3)16-27;/h5-10,13,18H,4,11-12,14-16H2,1-3H3,(H2,23,25,26);1H. The second-order valence-electron chi connectivity index (χ2n) is 7.13. The second-order valence-corrected chi connectivity index (χ2v) is 7.13. The SMILES string of the molecule is CCNC(=NCc1ccc(N2CCOC(C)C2)nc1)NCc1ccccc1C.I. The molecule has 1 fully saturated rings. The Balaban J connectivity index is 0.00000300. The molecule has 6 nitrogen and oxygen atoms in total. The molecule has 1 aliphatic heterocycles. The molecule has 0 bridgehead atoms. The molecule has 1 atom stereocenters. The highest BCUT2D eigenvalue weighted by atomic mass is 127. The zero-order valence-corrected chi connectivity index (χ0v) is 19.8. The average Bonchev–Trinajstić information content (AvgIpc) is 2.71. The maximum absolute atomic E-state index is 5.60. The molecule has 29 heavy (non-hydrogen) atoms. The van der Waals surface area contributed by atoms with Crippen molar-refractivity contribution in [3.05, 3.63) is 59.3 Å². The van der Waals surface area contributed by atoms with Crippen LogP contribution in [0.4, 0.5) is 5.82 Å². The van der Waals surface area contributed by atoms with Gasteiger partial charge in [-0.1, -0.05) is 30.3 Å². The number of aromatic nitrogens is 1. The number of morpholine rings is 1. The predicted molar refractivity (Wildman–Crippen MR) is 130 cm³/mol. The number of nitrogens with zero attached hydrogens (tertiary/aromatic N) is 3. The van der Waals surface area contributed by atoms with Crippen molar-refractivity contribution in [3.8, 4) is 0 Å². The molecule has 0 radical (unpaired) electrons. The highest BCUT2D eigenvalue weighted by molar-refractivity contribution is 14.0. The van der Waals surface area contributed by atoms with Crippen LogP contribution in [0, 0.1) is 6.92 Å². The molecule has 158 valence electrons. The van der Waals surface area contributed by atoms with Gasteiger partial charge in [-0.2, -0.15) is 0 Å². The van der Waals surface area contributed by atoms with Gasteiger partial charge in [-0.25, -0.2) is 9.98 Å². The number of anilines is 1. The second kappa shape index (κ2) is 12.0. The number of nitrogens with one attached hydrogen (secondary N) is 2. The molecule has 1 aromatic heterocycles. The van der Waals surface area contributed by atoms with Crippen molar-refractivity contribution in [1.82, 2.24) is 15.6 Å². The summed E-state index contributed by atoms with van der Waals surface area (Å²) in [4.78, 5) is 11.6. The molecule has 1 saturated heterocycles. The molecule has 1 aromatic carbocycles. The van der Waals surface area contributed by atoms with Crippen LogP contribution in [-0.4, -0.2) is 43.3 Å². The first-order chi connectivity index (χ1) is 13.7. The molecular weight excluding hydrogens is 477 g/mol.